The summed E-state index contributed by atoms with van der Waals surface area (Å²) in [7, 11) is 0. The highest BCUT2D eigenvalue weighted by Gasteiger charge is 2.28. The fourth-order valence-corrected chi connectivity index (χ4v) is 2.37. The van der Waals surface area contributed by atoms with Crippen LogP contribution in [0.25, 0.3) is 0 Å². The third kappa shape index (κ3) is 2.88. The Kier molecular flexibility index (Phi) is 3.52. The molecule has 2 rings (SSSR count). The Labute approximate surface area is 102 Å². The first-order chi connectivity index (χ1) is 8.11. The van der Waals surface area contributed by atoms with Crippen LogP contribution in [0.1, 0.15) is 48.2 Å². The van der Waals surface area contributed by atoms with Crippen molar-refractivity contribution >= 4 is 5.91 Å². The van der Waals surface area contributed by atoms with Gasteiger partial charge in [0.2, 0.25) is 0 Å². The number of rotatable bonds is 3. The van der Waals surface area contributed by atoms with Gasteiger partial charge < -0.3 is 15.5 Å². The first-order valence-corrected chi connectivity index (χ1v) is 6.22. The van der Waals surface area contributed by atoms with E-state index in [1.807, 2.05) is 6.92 Å². The van der Waals surface area contributed by atoms with Gasteiger partial charge in [0.25, 0.3) is 5.91 Å². The lowest BCUT2D eigenvalue weighted by atomic mass is 9.82. The summed E-state index contributed by atoms with van der Waals surface area (Å²) in [5, 5.41) is 2.88. The van der Waals surface area contributed by atoms with Crippen LogP contribution in [-0.2, 0) is 0 Å². The maximum absolute atomic E-state index is 11.9. The van der Waals surface area contributed by atoms with Gasteiger partial charge in [-0.1, -0.05) is 19.3 Å². The molecule has 4 heteroatoms. The van der Waals surface area contributed by atoms with Crippen LogP contribution in [-0.4, -0.2) is 18.0 Å². The number of carbonyl (C=O) groups is 1. The quantitative estimate of drug-likeness (QED) is 0.843. The second kappa shape index (κ2) is 4.92. The maximum Gasteiger partial charge on any atom is 0.287 e. The fourth-order valence-electron chi connectivity index (χ4n) is 2.37. The second-order valence-corrected chi connectivity index (χ2v) is 5.04. The van der Waals surface area contributed by atoms with Gasteiger partial charge in [-0.15, -0.1) is 0 Å². The number of furan rings is 1. The first kappa shape index (κ1) is 12.2. The molecule has 3 N–H and O–H groups in total. The van der Waals surface area contributed by atoms with Gasteiger partial charge in [0, 0.05) is 17.6 Å². The highest BCUT2D eigenvalue weighted by Crippen LogP contribution is 2.25. The number of carbonyl (C=O) groups excluding carboxylic acids is 1. The molecule has 0 radical (unpaired) electrons. The normalized spacial score (nSPS) is 18.9. The second-order valence-electron chi connectivity index (χ2n) is 5.04. The fraction of sp³-hybridized carbons (Fsp3) is 0.615. The molecule has 1 aliphatic rings. The van der Waals surface area contributed by atoms with Crippen molar-refractivity contribution in [3.8, 4) is 0 Å². The number of amides is 1. The summed E-state index contributed by atoms with van der Waals surface area (Å²) in [4.78, 5) is 11.9. The van der Waals surface area contributed by atoms with Crippen LogP contribution in [0.5, 0.6) is 0 Å². The van der Waals surface area contributed by atoms with Crippen molar-refractivity contribution in [2.75, 3.05) is 6.54 Å². The Balaban J connectivity index is 1.90. The minimum absolute atomic E-state index is 0.164. The van der Waals surface area contributed by atoms with E-state index in [1.165, 1.54) is 12.7 Å². The van der Waals surface area contributed by atoms with Crippen LogP contribution < -0.4 is 11.1 Å². The molecule has 0 spiro atoms. The minimum atomic E-state index is -0.228. The number of hydrogen-bond donors (Lipinski definition) is 2. The van der Waals surface area contributed by atoms with Crippen molar-refractivity contribution < 1.29 is 9.21 Å². The van der Waals surface area contributed by atoms with E-state index in [0.717, 1.165) is 31.2 Å². The summed E-state index contributed by atoms with van der Waals surface area (Å²) in [6.45, 7) is 2.39. The molecule has 1 amide bonds. The van der Waals surface area contributed by atoms with E-state index in [0.29, 0.717) is 12.3 Å². The lowest BCUT2D eigenvalue weighted by Gasteiger charge is -2.33. The Morgan fingerprint density at radius 3 is 2.76 bits per heavy atom. The van der Waals surface area contributed by atoms with Crippen molar-refractivity contribution in [1.29, 1.82) is 0 Å². The summed E-state index contributed by atoms with van der Waals surface area (Å²) in [5.74, 6) is 0.229. The zero-order valence-electron chi connectivity index (χ0n) is 10.3. The highest BCUT2D eigenvalue weighted by atomic mass is 16.3. The standard InChI is InChI=1S/C13H20N2O2/c1-10-5-8-17-11(10)12(16)15-9-13(14)6-3-2-4-7-13/h5,8H,2-4,6-7,9,14H2,1H3,(H,15,16). The van der Waals surface area contributed by atoms with Crippen LogP contribution in [0.4, 0.5) is 0 Å². The molecule has 0 atom stereocenters. The summed E-state index contributed by atoms with van der Waals surface area (Å²) in [5.41, 5.74) is 6.88. The highest BCUT2D eigenvalue weighted by molar-refractivity contribution is 5.92. The molecule has 0 aromatic carbocycles. The molecule has 94 valence electrons. The van der Waals surface area contributed by atoms with Crippen molar-refractivity contribution in [3.63, 3.8) is 0 Å². The smallest absolute Gasteiger partial charge is 0.287 e. The van der Waals surface area contributed by atoms with Gasteiger partial charge in [-0.25, -0.2) is 0 Å². The maximum atomic E-state index is 11.9. The van der Waals surface area contributed by atoms with E-state index in [4.69, 9.17) is 10.2 Å². The Hall–Kier alpha value is -1.29. The molecule has 1 saturated carbocycles. The number of aryl methyl sites for hydroxylation is 1. The number of nitrogens with one attached hydrogen (secondary N) is 1. The van der Waals surface area contributed by atoms with Crippen LogP contribution in [0, 0.1) is 6.92 Å². The Morgan fingerprint density at radius 2 is 2.18 bits per heavy atom. The molecule has 17 heavy (non-hydrogen) atoms. The monoisotopic (exact) mass is 236 g/mol. The summed E-state index contributed by atoms with van der Waals surface area (Å²) < 4.78 is 5.15. The molecular formula is C13H20N2O2. The molecule has 1 aliphatic carbocycles. The molecular weight excluding hydrogens is 216 g/mol. The molecule has 0 bridgehead atoms. The van der Waals surface area contributed by atoms with Crippen LogP contribution in [0.2, 0.25) is 0 Å². The molecule has 0 unspecified atom stereocenters. The summed E-state index contributed by atoms with van der Waals surface area (Å²) in [6.07, 6.45) is 7.08. The van der Waals surface area contributed by atoms with E-state index in [9.17, 15) is 4.79 Å². The Morgan fingerprint density at radius 1 is 1.47 bits per heavy atom. The van der Waals surface area contributed by atoms with E-state index in [2.05, 4.69) is 5.32 Å². The first-order valence-electron chi connectivity index (χ1n) is 6.22. The number of nitrogens with two attached hydrogens (primary N) is 1. The van der Waals surface area contributed by atoms with Crippen molar-refractivity contribution in [2.45, 2.75) is 44.6 Å². The molecule has 4 nitrogen and oxygen atoms in total. The van der Waals surface area contributed by atoms with Gasteiger partial charge in [0.05, 0.1) is 6.26 Å². The van der Waals surface area contributed by atoms with Crippen molar-refractivity contribution in [3.05, 3.63) is 23.7 Å². The van der Waals surface area contributed by atoms with E-state index < -0.39 is 0 Å². The van der Waals surface area contributed by atoms with Crippen LogP contribution in [0.15, 0.2) is 16.7 Å². The molecule has 1 aromatic rings. The number of hydrogen-bond acceptors (Lipinski definition) is 3. The molecule has 0 aliphatic heterocycles. The van der Waals surface area contributed by atoms with Gasteiger partial charge >= 0.3 is 0 Å². The lowest BCUT2D eigenvalue weighted by Crippen LogP contribution is -2.51. The average molecular weight is 236 g/mol. The zero-order chi connectivity index (χ0) is 12.3. The van der Waals surface area contributed by atoms with Crippen LogP contribution in [0.3, 0.4) is 0 Å². The van der Waals surface area contributed by atoms with Crippen molar-refractivity contribution in [2.24, 2.45) is 5.73 Å². The van der Waals surface area contributed by atoms with Crippen molar-refractivity contribution in [1.82, 2.24) is 5.32 Å². The van der Waals surface area contributed by atoms with E-state index in [1.54, 1.807) is 6.07 Å². The Bertz CT molecular complexity index is 392. The van der Waals surface area contributed by atoms with Gasteiger partial charge in [0.1, 0.15) is 0 Å². The van der Waals surface area contributed by atoms with Gasteiger partial charge in [-0.2, -0.15) is 0 Å². The predicted octanol–water partition coefficient (Wildman–Crippen LogP) is 1.98. The minimum Gasteiger partial charge on any atom is -0.459 e. The lowest BCUT2D eigenvalue weighted by molar-refractivity contribution is 0.0909. The predicted molar refractivity (Wildman–Crippen MR) is 65.8 cm³/mol. The zero-order valence-corrected chi connectivity index (χ0v) is 10.3. The van der Waals surface area contributed by atoms with Gasteiger partial charge in [-0.05, 0) is 25.8 Å². The van der Waals surface area contributed by atoms with Crippen LogP contribution >= 0.6 is 0 Å². The van der Waals surface area contributed by atoms with E-state index >= 15 is 0 Å². The summed E-state index contributed by atoms with van der Waals surface area (Å²) >= 11 is 0. The SMILES string of the molecule is Cc1ccoc1C(=O)NCC1(N)CCCCC1. The van der Waals surface area contributed by atoms with E-state index in [-0.39, 0.29) is 11.4 Å². The van der Waals surface area contributed by atoms with Gasteiger partial charge in [-0.3, -0.25) is 4.79 Å². The topological polar surface area (TPSA) is 68.3 Å². The molecule has 1 heterocycles. The molecule has 1 fully saturated rings. The molecule has 1 aromatic heterocycles. The largest absolute Gasteiger partial charge is 0.459 e. The van der Waals surface area contributed by atoms with Gasteiger partial charge in [0.15, 0.2) is 5.76 Å². The third-order valence-electron chi connectivity index (χ3n) is 3.52. The third-order valence-corrected chi connectivity index (χ3v) is 3.52. The summed E-state index contributed by atoms with van der Waals surface area (Å²) in [6, 6.07) is 1.79. The average Bonchev–Trinajstić information content (AvgIpc) is 2.74. The molecule has 0 saturated heterocycles.